The van der Waals surface area contributed by atoms with Crippen molar-refractivity contribution in [2.45, 2.75) is 26.3 Å². The number of fused-ring (bicyclic) bond motifs is 1. The summed E-state index contributed by atoms with van der Waals surface area (Å²) in [4.78, 5) is 11.8. The molecule has 0 N–H and O–H groups in total. The Hall–Kier alpha value is -1.35. The highest BCUT2D eigenvalue weighted by atomic mass is 35.5. The zero-order valence-electron chi connectivity index (χ0n) is 11.3. The lowest BCUT2D eigenvalue weighted by Gasteiger charge is -2.27. The predicted octanol–water partition coefficient (Wildman–Crippen LogP) is 3.39. The van der Waals surface area contributed by atoms with Crippen LogP contribution in [-0.2, 0) is 0 Å². The minimum atomic E-state index is 0.371. The van der Waals surface area contributed by atoms with Crippen molar-refractivity contribution in [1.29, 1.82) is 0 Å². The van der Waals surface area contributed by atoms with Crippen molar-refractivity contribution >= 4 is 28.5 Å². The maximum atomic E-state index is 6.13. The molecule has 4 heteroatoms. The molecule has 2 unspecified atom stereocenters. The maximum Gasteiger partial charge on any atom is 0.151 e. The summed E-state index contributed by atoms with van der Waals surface area (Å²) < 4.78 is 0. The topological polar surface area (TPSA) is 29.0 Å². The number of hydrogen-bond acceptors (Lipinski definition) is 3. The van der Waals surface area contributed by atoms with E-state index in [1.54, 1.807) is 0 Å². The first-order valence-electron chi connectivity index (χ1n) is 6.76. The van der Waals surface area contributed by atoms with E-state index in [0.29, 0.717) is 17.8 Å². The number of hydrogen-bond donors (Lipinski definition) is 0. The number of alkyl halides is 1. The molecule has 3 nitrogen and oxygen atoms in total. The Morgan fingerprint density at radius 1 is 1.26 bits per heavy atom. The average molecular weight is 276 g/mol. The lowest BCUT2D eigenvalue weighted by molar-refractivity contribution is 0.548. The van der Waals surface area contributed by atoms with E-state index in [4.69, 9.17) is 16.6 Å². The smallest absolute Gasteiger partial charge is 0.151 e. The second kappa shape index (κ2) is 4.97. The monoisotopic (exact) mass is 275 g/mol. The molecule has 0 aliphatic carbocycles. The second-order valence-electron chi connectivity index (χ2n) is 5.30. The Morgan fingerprint density at radius 2 is 1.95 bits per heavy atom. The van der Waals surface area contributed by atoms with Gasteiger partial charge in [-0.05, 0) is 31.4 Å². The van der Waals surface area contributed by atoms with Crippen molar-refractivity contribution in [2.24, 2.45) is 5.92 Å². The summed E-state index contributed by atoms with van der Waals surface area (Å²) in [7, 11) is 0. The molecule has 1 saturated heterocycles. The van der Waals surface area contributed by atoms with Crippen LogP contribution < -0.4 is 4.90 Å². The highest BCUT2D eigenvalue weighted by molar-refractivity contribution is 6.18. The molecule has 1 aliphatic heterocycles. The molecule has 1 aromatic heterocycles. The molecule has 2 aromatic rings. The Labute approximate surface area is 118 Å². The molecule has 0 amide bonds. The van der Waals surface area contributed by atoms with Gasteiger partial charge in [-0.1, -0.05) is 19.1 Å². The van der Waals surface area contributed by atoms with Crippen LogP contribution in [0.1, 0.15) is 19.0 Å². The Kier molecular flexibility index (Phi) is 3.31. The van der Waals surface area contributed by atoms with Crippen LogP contribution in [0.15, 0.2) is 24.3 Å². The van der Waals surface area contributed by atoms with Crippen LogP contribution in [0.2, 0.25) is 0 Å². The van der Waals surface area contributed by atoms with Crippen molar-refractivity contribution in [3.05, 3.63) is 30.0 Å². The second-order valence-corrected chi connectivity index (χ2v) is 5.61. The fourth-order valence-electron chi connectivity index (χ4n) is 2.86. The van der Waals surface area contributed by atoms with Gasteiger partial charge in [0.1, 0.15) is 0 Å². The molecule has 100 valence electrons. The minimum absolute atomic E-state index is 0.371. The van der Waals surface area contributed by atoms with E-state index in [9.17, 15) is 0 Å². The predicted molar refractivity (Wildman–Crippen MR) is 79.9 cm³/mol. The van der Waals surface area contributed by atoms with Crippen molar-refractivity contribution in [3.8, 4) is 0 Å². The van der Waals surface area contributed by atoms with Gasteiger partial charge in [0, 0.05) is 18.5 Å². The van der Waals surface area contributed by atoms with E-state index >= 15 is 0 Å². The molecule has 1 aromatic carbocycles. The fraction of sp³-hybridized carbons (Fsp3) is 0.467. The van der Waals surface area contributed by atoms with Gasteiger partial charge in [-0.15, -0.1) is 11.6 Å². The number of para-hydroxylation sites is 2. The van der Waals surface area contributed by atoms with E-state index in [-0.39, 0.29) is 0 Å². The van der Waals surface area contributed by atoms with Crippen molar-refractivity contribution in [1.82, 2.24) is 9.97 Å². The highest BCUT2D eigenvalue weighted by Gasteiger charge is 2.32. The summed E-state index contributed by atoms with van der Waals surface area (Å²) in [5, 5.41) is 0. The molecular weight excluding hydrogens is 258 g/mol. The van der Waals surface area contributed by atoms with E-state index in [2.05, 4.69) is 16.8 Å². The molecule has 0 spiro atoms. The van der Waals surface area contributed by atoms with Gasteiger partial charge >= 0.3 is 0 Å². The summed E-state index contributed by atoms with van der Waals surface area (Å²) in [6, 6.07) is 8.39. The minimum Gasteiger partial charge on any atom is -0.351 e. The van der Waals surface area contributed by atoms with Gasteiger partial charge in [-0.3, -0.25) is 0 Å². The van der Waals surface area contributed by atoms with Crippen molar-refractivity contribution in [3.63, 3.8) is 0 Å². The highest BCUT2D eigenvalue weighted by Crippen LogP contribution is 2.31. The quantitative estimate of drug-likeness (QED) is 0.787. The number of rotatable bonds is 2. The first kappa shape index (κ1) is 12.7. The van der Waals surface area contributed by atoms with Gasteiger partial charge in [0.05, 0.1) is 16.7 Å². The van der Waals surface area contributed by atoms with Crippen LogP contribution in [0.5, 0.6) is 0 Å². The first-order chi connectivity index (χ1) is 9.20. The van der Waals surface area contributed by atoms with Crippen LogP contribution in [-0.4, -0.2) is 28.4 Å². The van der Waals surface area contributed by atoms with Crippen LogP contribution in [0, 0.1) is 12.8 Å². The van der Waals surface area contributed by atoms with Crippen molar-refractivity contribution in [2.75, 3.05) is 17.3 Å². The van der Waals surface area contributed by atoms with Gasteiger partial charge in [0.25, 0.3) is 0 Å². The van der Waals surface area contributed by atoms with Crippen LogP contribution >= 0.6 is 11.6 Å². The number of aromatic nitrogens is 2. The molecule has 1 fully saturated rings. The largest absolute Gasteiger partial charge is 0.351 e. The van der Waals surface area contributed by atoms with Crippen LogP contribution in [0.25, 0.3) is 11.0 Å². The van der Waals surface area contributed by atoms with Crippen LogP contribution in [0.4, 0.5) is 5.82 Å². The van der Waals surface area contributed by atoms with E-state index in [0.717, 1.165) is 29.1 Å². The summed E-state index contributed by atoms with van der Waals surface area (Å²) in [6.45, 7) is 5.31. The SMILES string of the molecule is Cc1nc2ccccc2nc1N1CCC(C)C1CCl. The third-order valence-electron chi connectivity index (χ3n) is 4.03. The molecule has 2 atom stereocenters. The van der Waals surface area contributed by atoms with E-state index < -0.39 is 0 Å². The first-order valence-corrected chi connectivity index (χ1v) is 7.30. The van der Waals surface area contributed by atoms with Gasteiger partial charge in [-0.2, -0.15) is 0 Å². The lowest BCUT2D eigenvalue weighted by Crippen LogP contribution is -2.34. The Morgan fingerprint density at radius 3 is 2.63 bits per heavy atom. The normalized spacial score (nSPS) is 23.2. The molecule has 3 rings (SSSR count). The molecule has 0 bridgehead atoms. The van der Waals surface area contributed by atoms with Gasteiger partial charge < -0.3 is 4.90 Å². The Bertz CT molecular complexity index is 599. The van der Waals surface area contributed by atoms with Gasteiger partial charge in [0.15, 0.2) is 5.82 Å². The molecule has 2 heterocycles. The third-order valence-corrected chi connectivity index (χ3v) is 4.35. The maximum absolute atomic E-state index is 6.13. The zero-order chi connectivity index (χ0) is 13.4. The summed E-state index contributed by atoms with van der Waals surface area (Å²) in [5.41, 5.74) is 2.90. The Balaban J connectivity index is 2.07. The molecule has 0 saturated carbocycles. The van der Waals surface area contributed by atoms with E-state index in [1.807, 2.05) is 31.2 Å². The van der Waals surface area contributed by atoms with Gasteiger partial charge in [0.2, 0.25) is 0 Å². The number of nitrogens with zero attached hydrogens (tertiary/aromatic N) is 3. The molecule has 19 heavy (non-hydrogen) atoms. The van der Waals surface area contributed by atoms with E-state index in [1.165, 1.54) is 6.42 Å². The summed E-state index contributed by atoms with van der Waals surface area (Å²) in [5.74, 6) is 2.26. The molecular formula is C15H18ClN3. The standard InChI is InChI=1S/C15H18ClN3/c1-10-7-8-19(14(10)9-16)15-11(2)17-12-5-3-4-6-13(12)18-15/h3-6,10,14H,7-9H2,1-2H3. The third kappa shape index (κ3) is 2.16. The molecule has 0 radical (unpaired) electrons. The number of halogens is 1. The lowest BCUT2D eigenvalue weighted by atomic mass is 10.1. The fourth-order valence-corrected chi connectivity index (χ4v) is 3.33. The summed E-state index contributed by atoms with van der Waals surface area (Å²) >= 11 is 6.13. The number of benzene rings is 1. The number of anilines is 1. The number of aryl methyl sites for hydroxylation is 1. The van der Waals surface area contributed by atoms with Gasteiger partial charge in [-0.25, -0.2) is 9.97 Å². The molecule has 1 aliphatic rings. The van der Waals surface area contributed by atoms with Crippen molar-refractivity contribution < 1.29 is 0 Å². The average Bonchev–Trinajstić information content (AvgIpc) is 2.78. The summed E-state index contributed by atoms with van der Waals surface area (Å²) in [6.07, 6.45) is 1.17. The van der Waals surface area contributed by atoms with Crippen LogP contribution in [0.3, 0.4) is 0 Å². The zero-order valence-corrected chi connectivity index (χ0v) is 12.1.